The molecule has 0 rings (SSSR count). The molecule has 0 unspecified atom stereocenters. The second kappa shape index (κ2) is 5.74. The van der Waals surface area contributed by atoms with Gasteiger partial charge in [-0.25, -0.2) is 0 Å². The van der Waals surface area contributed by atoms with Crippen LogP contribution in [0.3, 0.4) is 0 Å². The molecule has 0 aliphatic heterocycles. The molecular formula is C3H12In2. The monoisotopic (exact) mass is 278 g/mol. The van der Waals surface area contributed by atoms with Crippen molar-refractivity contribution in [1.82, 2.24) is 0 Å². The minimum atomic E-state index is -0.637. The average molecular weight is 278 g/mol. The number of hydrogen-bond donors (Lipinski definition) is 0. The molecule has 0 bridgehead atoms. The maximum atomic E-state index is 2.38. The molecule has 0 spiro atoms. The summed E-state index contributed by atoms with van der Waals surface area (Å²) in [7, 11) is 0. The molecule has 30 valence electrons. The van der Waals surface area contributed by atoms with Gasteiger partial charge < -0.3 is 0 Å². The van der Waals surface area contributed by atoms with E-state index in [-0.39, 0.29) is 25.8 Å². The van der Waals surface area contributed by atoms with Gasteiger partial charge in [0, 0.05) is 0 Å². The van der Waals surface area contributed by atoms with Crippen molar-refractivity contribution in [3.8, 4) is 0 Å². The SMILES string of the molecule is [CH3][In]([CH3])[CH3].[InH3]. The zero-order chi connectivity index (χ0) is 3.58. The van der Waals surface area contributed by atoms with Crippen molar-refractivity contribution in [2.24, 2.45) is 0 Å². The molecule has 0 saturated carbocycles. The van der Waals surface area contributed by atoms with Crippen molar-refractivity contribution in [2.75, 3.05) is 0 Å². The summed E-state index contributed by atoms with van der Waals surface area (Å²) in [5.74, 6) is 0. The van der Waals surface area contributed by atoms with Crippen LogP contribution in [0.15, 0.2) is 0 Å². The molecule has 0 N–H and O–H groups in total. The first-order valence-corrected chi connectivity index (χ1v) is 11.6. The predicted molar refractivity (Wildman–Crippen MR) is 33.3 cm³/mol. The topological polar surface area (TPSA) is 0 Å². The van der Waals surface area contributed by atoms with Crippen molar-refractivity contribution in [2.45, 2.75) is 14.0 Å². The fourth-order valence-electron chi connectivity index (χ4n) is 0. The van der Waals surface area contributed by atoms with Crippen molar-refractivity contribution in [3.05, 3.63) is 0 Å². The van der Waals surface area contributed by atoms with Crippen LogP contribution in [-0.4, -0.2) is 47.3 Å². The molecular weight excluding hydrogens is 266 g/mol. The van der Waals surface area contributed by atoms with Gasteiger partial charge in [0.15, 0.2) is 0 Å². The van der Waals surface area contributed by atoms with Gasteiger partial charge in [-0.15, -0.1) is 0 Å². The molecule has 0 amide bonds. The second-order valence-corrected chi connectivity index (χ2v) is 11.6. The molecule has 2 heteroatoms. The Morgan fingerprint density at radius 1 is 1.00 bits per heavy atom. The van der Waals surface area contributed by atoms with Crippen molar-refractivity contribution < 1.29 is 0 Å². The Labute approximate surface area is 60.7 Å². The van der Waals surface area contributed by atoms with Gasteiger partial charge >= 0.3 is 61.3 Å². The average Bonchev–Trinajstić information content (AvgIpc) is 0.811. The Morgan fingerprint density at radius 2 is 1.00 bits per heavy atom. The summed E-state index contributed by atoms with van der Waals surface area (Å²) < 4.78 is 7.13. The van der Waals surface area contributed by atoms with Gasteiger partial charge in [-0.1, -0.05) is 0 Å². The first-order chi connectivity index (χ1) is 1.73. The fraction of sp³-hybridized carbons (Fsp3) is 1.00. The predicted octanol–water partition coefficient (Wildman–Crippen LogP) is 0.187. The molecule has 5 heavy (non-hydrogen) atoms. The first kappa shape index (κ1) is 9.88. The Bertz CT molecular complexity index is 9.61. The summed E-state index contributed by atoms with van der Waals surface area (Å²) in [6.45, 7) is 0. The normalized spacial score (nSPS) is 5.40. The molecule has 0 nitrogen and oxygen atoms in total. The first-order valence-electron chi connectivity index (χ1n) is 1.73. The van der Waals surface area contributed by atoms with E-state index in [0.29, 0.717) is 0 Å². The van der Waals surface area contributed by atoms with E-state index in [1.165, 1.54) is 0 Å². The summed E-state index contributed by atoms with van der Waals surface area (Å²) in [4.78, 5) is 0. The van der Waals surface area contributed by atoms with E-state index < -0.39 is 21.4 Å². The molecule has 0 radical (unpaired) electrons. The molecule has 0 aromatic carbocycles. The third-order valence-corrected chi connectivity index (χ3v) is 0. The maximum absolute atomic E-state index is 2.38. The third-order valence-electron chi connectivity index (χ3n) is 0. The van der Waals surface area contributed by atoms with E-state index in [4.69, 9.17) is 0 Å². The molecule has 0 aliphatic carbocycles. The third kappa shape index (κ3) is 26.5. The summed E-state index contributed by atoms with van der Waals surface area (Å²) in [5.41, 5.74) is 0. The van der Waals surface area contributed by atoms with E-state index in [1.54, 1.807) is 0 Å². The Balaban J connectivity index is 0. The molecule has 0 aromatic heterocycles. The fourth-order valence-corrected chi connectivity index (χ4v) is 0. The zero-order valence-corrected chi connectivity index (χ0v) is 6.87. The summed E-state index contributed by atoms with van der Waals surface area (Å²) >= 11 is -0.637. The Kier molecular flexibility index (Phi) is 11.3. The van der Waals surface area contributed by atoms with Crippen LogP contribution >= 0.6 is 0 Å². The van der Waals surface area contributed by atoms with Crippen LogP contribution in [0.25, 0.3) is 0 Å². The quantitative estimate of drug-likeness (QED) is 0.593. The van der Waals surface area contributed by atoms with Gasteiger partial charge in [-0.3, -0.25) is 0 Å². The number of rotatable bonds is 0. The van der Waals surface area contributed by atoms with Crippen LogP contribution in [0.1, 0.15) is 0 Å². The van der Waals surface area contributed by atoms with E-state index in [2.05, 4.69) is 14.0 Å². The van der Waals surface area contributed by atoms with E-state index >= 15 is 0 Å². The Hall–Kier alpha value is 1.74. The molecule has 0 heterocycles. The Morgan fingerprint density at radius 3 is 1.00 bits per heavy atom. The number of hydrogen-bond acceptors (Lipinski definition) is 0. The molecule has 0 aromatic rings. The molecule has 0 aliphatic rings. The van der Waals surface area contributed by atoms with Crippen LogP contribution in [0, 0.1) is 0 Å². The summed E-state index contributed by atoms with van der Waals surface area (Å²) in [6.07, 6.45) is 0. The van der Waals surface area contributed by atoms with Crippen LogP contribution in [0.2, 0.25) is 14.0 Å². The van der Waals surface area contributed by atoms with E-state index in [1.807, 2.05) is 0 Å². The van der Waals surface area contributed by atoms with Gasteiger partial charge in [0.2, 0.25) is 0 Å². The van der Waals surface area contributed by atoms with Gasteiger partial charge in [-0.05, 0) is 0 Å². The minimum absolute atomic E-state index is 0. The van der Waals surface area contributed by atoms with Crippen LogP contribution in [0.4, 0.5) is 0 Å². The molecule has 0 saturated heterocycles. The van der Waals surface area contributed by atoms with Crippen LogP contribution in [-0.2, 0) is 0 Å². The van der Waals surface area contributed by atoms with Crippen LogP contribution in [0.5, 0.6) is 0 Å². The van der Waals surface area contributed by atoms with Gasteiger partial charge in [0.25, 0.3) is 0 Å². The van der Waals surface area contributed by atoms with Gasteiger partial charge in [0.1, 0.15) is 0 Å². The zero-order valence-electron chi connectivity index (χ0n) is 3.58. The standard InChI is InChI=1S/3CH3.2In.3H/h3*1H3;;;;;. The van der Waals surface area contributed by atoms with Crippen LogP contribution < -0.4 is 0 Å². The summed E-state index contributed by atoms with van der Waals surface area (Å²) in [5, 5.41) is 0. The summed E-state index contributed by atoms with van der Waals surface area (Å²) in [6, 6.07) is 0. The van der Waals surface area contributed by atoms with E-state index in [0.717, 1.165) is 0 Å². The van der Waals surface area contributed by atoms with E-state index in [9.17, 15) is 0 Å². The van der Waals surface area contributed by atoms with Crippen molar-refractivity contribution >= 4 is 47.3 Å². The molecule has 0 atom stereocenters. The molecule has 0 fully saturated rings. The van der Waals surface area contributed by atoms with Gasteiger partial charge in [-0.2, -0.15) is 0 Å². The van der Waals surface area contributed by atoms with Gasteiger partial charge in [0.05, 0.1) is 0 Å². The van der Waals surface area contributed by atoms with Crippen molar-refractivity contribution in [1.29, 1.82) is 0 Å². The van der Waals surface area contributed by atoms with Crippen molar-refractivity contribution in [3.63, 3.8) is 0 Å². The second-order valence-electron chi connectivity index (χ2n) is 1.73.